The van der Waals surface area contributed by atoms with Crippen LogP contribution in [0.25, 0.3) is 0 Å². The van der Waals surface area contributed by atoms with Gasteiger partial charge in [0.25, 0.3) is 0 Å². The predicted molar refractivity (Wildman–Crippen MR) is 132 cm³/mol. The SMILES string of the molecule is CC1(C)CCc2cc(CC(=O)[C@H]3c4ccc5c(c4CCN3C(=O)CCCC(=O)O)OCC5)cc(F)c21. The van der Waals surface area contributed by atoms with Gasteiger partial charge >= 0.3 is 5.97 Å². The van der Waals surface area contributed by atoms with Crippen LogP contribution < -0.4 is 4.74 Å². The third-order valence-corrected chi connectivity index (χ3v) is 7.92. The molecule has 0 saturated heterocycles. The molecule has 1 atom stereocenters. The Bertz CT molecular complexity index is 1250. The number of fused-ring (bicyclic) bond motifs is 4. The van der Waals surface area contributed by atoms with Gasteiger partial charge in [-0.15, -0.1) is 0 Å². The van der Waals surface area contributed by atoms with Crippen molar-refractivity contribution in [3.63, 3.8) is 0 Å². The van der Waals surface area contributed by atoms with E-state index >= 15 is 4.39 Å². The first-order valence-corrected chi connectivity index (χ1v) is 12.8. The highest BCUT2D eigenvalue weighted by molar-refractivity contribution is 5.92. The Kier molecular flexibility index (Phi) is 6.35. The van der Waals surface area contributed by atoms with Crippen LogP contribution in [-0.4, -0.2) is 40.8 Å². The van der Waals surface area contributed by atoms with Crippen LogP contribution in [0.5, 0.6) is 5.75 Å². The highest BCUT2D eigenvalue weighted by atomic mass is 19.1. The number of Topliss-reactive ketones (excluding diaryl/α,β-unsaturated/α-hetero) is 1. The molecule has 2 aromatic carbocycles. The summed E-state index contributed by atoms with van der Waals surface area (Å²) in [6.45, 7) is 5.05. The van der Waals surface area contributed by atoms with E-state index in [1.54, 1.807) is 4.90 Å². The maximum absolute atomic E-state index is 15.1. The van der Waals surface area contributed by atoms with Gasteiger partial charge < -0.3 is 14.7 Å². The van der Waals surface area contributed by atoms with Crippen LogP contribution in [0.4, 0.5) is 4.39 Å². The Morgan fingerprint density at radius 2 is 1.92 bits per heavy atom. The van der Waals surface area contributed by atoms with Crippen molar-refractivity contribution in [2.75, 3.05) is 13.2 Å². The number of aryl methyl sites for hydroxylation is 1. The van der Waals surface area contributed by atoms with E-state index in [4.69, 9.17) is 9.84 Å². The first-order valence-electron chi connectivity index (χ1n) is 12.8. The number of halogens is 1. The van der Waals surface area contributed by atoms with Crippen molar-refractivity contribution in [2.24, 2.45) is 0 Å². The van der Waals surface area contributed by atoms with E-state index in [-0.39, 0.29) is 48.6 Å². The second-order valence-corrected chi connectivity index (χ2v) is 10.8. The number of benzene rings is 2. The van der Waals surface area contributed by atoms with Crippen LogP contribution in [0.1, 0.15) is 79.0 Å². The molecule has 2 aliphatic heterocycles. The number of carbonyl (C=O) groups is 3. The summed E-state index contributed by atoms with van der Waals surface area (Å²) in [5, 5.41) is 8.96. The number of nitrogens with zero attached hydrogens (tertiary/aromatic N) is 1. The third kappa shape index (κ3) is 4.40. The van der Waals surface area contributed by atoms with E-state index < -0.39 is 12.0 Å². The molecule has 2 heterocycles. The first-order chi connectivity index (χ1) is 17.2. The van der Waals surface area contributed by atoms with Crippen molar-refractivity contribution in [3.8, 4) is 5.75 Å². The van der Waals surface area contributed by atoms with Crippen molar-refractivity contribution < 1.29 is 28.6 Å². The van der Waals surface area contributed by atoms with Gasteiger partial charge in [-0.1, -0.05) is 32.0 Å². The zero-order valence-corrected chi connectivity index (χ0v) is 20.9. The number of amides is 1. The average Bonchev–Trinajstić information content (AvgIpc) is 3.42. The highest BCUT2D eigenvalue weighted by Crippen LogP contribution is 2.42. The van der Waals surface area contributed by atoms with E-state index in [1.165, 1.54) is 6.07 Å². The fourth-order valence-electron chi connectivity index (χ4n) is 6.18. The van der Waals surface area contributed by atoms with Gasteiger partial charge in [-0.25, -0.2) is 4.39 Å². The monoisotopic (exact) mass is 493 g/mol. The third-order valence-electron chi connectivity index (χ3n) is 7.92. The molecule has 0 aromatic heterocycles. The maximum Gasteiger partial charge on any atom is 0.303 e. The topological polar surface area (TPSA) is 83.9 Å². The number of carboxylic acid groups (broad SMARTS) is 1. The molecule has 3 aliphatic rings. The van der Waals surface area contributed by atoms with Crippen LogP contribution in [0.15, 0.2) is 24.3 Å². The molecule has 5 rings (SSSR count). The molecule has 1 aliphatic carbocycles. The lowest BCUT2D eigenvalue weighted by molar-refractivity contribution is -0.141. The normalized spacial score (nSPS) is 19.3. The molecule has 0 fully saturated rings. The van der Waals surface area contributed by atoms with E-state index in [1.807, 2.05) is 32.0 Å². The number of ketones is 1. The number of hydrogen-bond donors (Lipinski definition) is 1. The smallest absolute Gasteiger partial charge is 0.303 e. The minimum atomic E-state index is -0.950. The van der Waals surface area contributed by atoms with Gasteiger partial charge in [-0.2, -0.15) is 0 Å². The number of aliphatic carboxylic acids is 1. The van der Waals surface area contributed by atoms with Crippen LogP contribution in [-0.2, 0) is 45.5 Å². The van der Waals surface area contributed by atoms with Gasteiger partial charge in [0.05, 0.1) is 6.61 Å². The minimum Gasteiger partial charge on any atom is -0.493 e. The summed E-state index contributed by atoms with van der Waals surface area (Å²) < 4.78 is 21.0. The summed E-state index contributed by atoms with van der Waals surface area (Å²) in [4.78, 5) is 39.5. The fraction of sp³-hybridized carbons (Fsp3) is 0.483. The van der Waals surface area contributed by atoms with Gasteiger partial charge in [0.2, 0.25) is 5.91 Å². The van der Waals surface area contributed by atoms with Gasteiger partial charge in [-0.3, -0.25) is 14.4 Å². The number of rotatable bonds is 7. The second-order valence-electron chi connectivity index (χ2n) is 10.8. The summed E-state index contributed by atoms with van der Waals surface area (Å²) in [6.07, 6.45) is 3.26. The second kappa shape index (κ2) is 9.34. The molecular weight excluding hydrogens is 461 g/mol. The van der Waals surface area contributed by atoms with Crippen LogP contribution in [0.3, 0.4) is 0 Å². The summed E-state index contributed by atoms with van der Waals surface area (Å²) in [5.74, 6) is -0.793. The molecule has 36 heavy (non-hydrogen) atoms. The molecule has 190 valence electrons. The molecule has 0 unspecified atom stereocenters. The lowest BCUT2D eigenvalue weighted by atomic mass is 9.84. The Morgan fingerprint density at radius 1 is 1.11 bits per heavy atom. The van der Waals surface area contributed by atoms with Gasteiger partial charge in [0.15, 0.2) is 5.78 Å². The molecule has 1 amide bonds. The molecule has 0 saturated carbocycles. The van der Waals surface area contributed by atoms with Gasteiger partial charge in [0, 0.05) is 37.8 Å². The van der Waals surface area contributed by atoms with E-state index in [0.29, 0.717) is 25.1 Å². The molecule has 0 radical (unpaired) electrons. The molecule has 7 heteroatoms. The average molecular weight is 494 g/mol. The lowest BCUT2D eigenvalue weighted by Gasteiger charge is -2.37. The summed E-state index contributed by atoms with van der Waals surface area (Å²) in [6, 6.07) is 6.51. The van der Waals surface area contributed by atoms with Crippen molar-refractivity contribution in [1.82, 2.24) is 4.90 Å². The molecule has 6 nitrogen and oxygen atoms in total. The van der Waals surface area contributed by atoms with Crippen LogP contribution >= 0.6 is 0 Å². The molecule has 0 bridgehead atoms. The molecule has 2 aromatic rings. The summed E-state index contributed by atoms with van der Waals surface area (Å²) in [5.41, 5.74) is 4.95. The predicted octanol–water partition coefficient (Wildman–Crippen LogP) is 4.48. The minimum absolute atomic E-state index is 0.0194. The van der Waals surface area contributed by atoms with Crippen molar-refractivity contribution in [3.05, 3.63) is 63.5 Å². The van der Waals surface area contributed by atoms with Crippen molar-refractivity contribution >= 4 is 17.7 Å². The Labute approximate surface area is 210 Å². The van der Waals surface area contributed by atoms with Gasteiger partial charge in [0.1, 0.15) is 17.6 Å². The zero-order valence-electron chi connectivity index (χ0n) is 20.9. The van der Waals surface area contributed by atoms with Crippen molar-refractivity contribution in [1.29, 1.82) is 0 Å². The quantitative estimate of drug-likeness (QED) is 0.615. The van der Waals surface area contributed by atoms with E-state index in [2.05, 4.69) is 0 Å². The Morgan fingerprint density at radius 3 is 2.69 bits per heavy atom. The molecular formula is C29H32FNO5. The highest BCUT2D eigenvalue weighted by Gasteiger charge is 2.38. The molecule has 1 N–H and O–H groups in total. The standard InChI is InChI=1S/C29H32FNO5/c1-29(2)11-8-19-14-17(15-22(30)26(19)29)16-23(32)27-20-7-6-18-10-13-36-28(18)21(20)9-12-31(27)24(33)4-3-5-25(34)35/h6-7,14-15,27H,3-5,8-13,16H2,1-2H3,(H,34,35)/t27-/m1/s1. The van der Waals surface area contributed by atoms with Crippen LogP contribution in [0.2, 0.25) is 0 Å². The Hall–Kier alpha value is -3.22. The van der Waals surface area contributed by atoms with Gasteiger partial charge in [-0.05, 0) is 65.0 Å². The number of carbonyl (C=O) groups excluding carboxylic acids is 2. The van der Waals surface area contributed by atoms with Crippen LogP contribution in [0, 0.1) is 5.82 Å². The summed E-state index contributed by atoms with van der Waals surface area (Å²) >= 11 is 0. The lowest BCUT2D eigenvalue weighted by Crippen LogP contribution is -2.44. The van der Waals surface area contributed by atoms with E-state index in [0.717, 1.165) is 52.8 Å². The Balaban J connectivity index is 1.46. The zero-order chi connectivity index (χ0) is 25.6. The number of hydrogen-bond acceptors (Lipinski definition) is 4. The first kappa shape index (κ1) is 24.5. The molecule has 0 spiro atoms. The summed E-state index contributed by atoms with van der Waals surface area (Å²) in [7, 11) is 0. The number of ether oxygens (including phenoxy) is 1. The largest absolute Gasteiger partial charge is 0.493 e. The number of carboxylic acids is 1. The van der Waals surface area contributed by atoms with E-state index in [9.17, 15) is 14.4 Å². The maximum atomic E-state index is 15.1. The van der Waals surface area contributed by atoms with Crippen molar-refractivity contribution in [2.45, 2.75) is 76.7 Å². The fourth-order valence-corrected chi connectivity index (χ4v) is 6.18.